The number of hydrogen-bond donors (Lipinski definition) is 3. The van der Waals surface area contributed by atoms with Crippen molar-refractivity contribution in [3.8, 4) is 0 Å². The summed E-state index contributed by atoms with van der Waals surface area (Å²) in [6.07, 6.45) is 0.267. The molecule has 1 aromatic rings. The standard InChI is InChI=1S/C10H13O6P/c11-10(12)6-5-8-3-1-2-4-9(8)7-16-17(13,14)15/h1-4H,5-7H2,(H,11,12)(H2,13,14,15). The molecule has 0 atom stereocenters. The fourth-order valence-electron chi connectivity index (χ4n) is 1.34. The molecule has 0 heterocycles. The second kappa shape index (κ2) is 5.93. The van der Waals surface area contributed by atoms with Crippen LogP contribution in [-0.2, 0) is 26.9 Å². The Labute approximate surface area is 98.1 Å². The lowest BCUT2D eigenvalue weighted by Crippen LogP contribution is -2.01. The van der Waals surface area contributed by atoms with Crippen LogP contribution >= 0.6 is 7.82 Å². The summed E-state index contributed by atoms with van der Waals surface area (Å²) in [5, 5.41) is 8.57. The molecule has 1 aromatic carbocycles. The van der Waals surface area contributed by atoms with Gasteiger partial charge >= 0.3 is 13.8 Å². The predicted molar refractivity (Wildman–Crippen MR) is 59.2 cm³/mol. The summed E-state index contributed by atoms with van der Waals surface area (Å²) >= 11 is 0. The first kappa shape index (κ1) is 13.9. The van der Waals surface area contributed by atoms with Gasteiger partial charge in [-0.3, -0.25) is 9.32 Å². The van der Waals surface area contributed by atoms with E-state index in [4.69, 9.17) is 14.9 Å². The highest BCUT2D eigenvalue weighted by Crippen LogP contribution is 2.37. The van der Waals surface area contributed by atoms with E-state index in [-0.39, 0.29) is 13.0 Å². The molecule has 1 rings (SSSR count). The number of aryl methyl sites for hydroxylation is 1. The predicted octanol–water partition coefficient (Wildman–Crippen LogP) is 1.31. The molecule has 0 radical (unpaired) electrons. The summed E-state index contributed by atoms with van der Waals surface area (Å²) in [4.78, 5) is 27.6. The largest absolute Gasteiger partial charge is 0.481 e. The van der Waals surface area contributed by atoms with E-state index in [1.165, 1.54) is 0 Å². The first-order chi connectivity index (χ1) is 7.88. The molecule has 0 bridgehead atoms. The SMILES string of the molecule is O=C(O)CCc1ccccc1COP(=O)(O)O. The van der Waals surface area contributed by atoms with Crippen LogP contribution in [0, 0.1) is 0 Å². The van der Waals surface area contributed by atoms with E-state index in [2.05, 4.69) is 4.52 Å². The zero-order valence-corrected chi connectivity index (χ0v) is 9.84. The lowest BCUT2D eigenvalue weighted by atomic mass is 10.0. The highest BCUT2D eigenvalue weighted by molar-refractivity contribution is 7.46. The normalized spacial score (nSPS) is 11.4. The summed E-state index contributed by atoms with van der Waals surface area (Å²) in [6.45, 7) is -0.236. The first-order valence-electron chi connectivity index (χ1n) is 4.87. The number of benzene rings is 1. The van der Waals surface area contributed by atoms with Gasteiger partial charge in [0.25, 0.3) is 0 Å². The van der Waals surface area contributed by atoms with Crippen molar-refractivity contribution in [2.45, 2.75) is 19.4 Å². The van der Waals surface area contributed by atoms with Gasteiger partial charge in [-0.15, -0.1) is 0 Å². The summed E-state index contributed by atoms with van der Waals surface area (Å²) in [7, 11) is -4.51. The van der Waals surface area contributed by atoms with Crippen molar-refractivity contribution in [3.05, 3.63) is 35.4 Å². The average molecular weight is 260 g/mol. The number of carbonyl (C=O) groups is 1. The van der Waals surface area contributed by atoms with Crippen LogP contribution < -0.4 is 0 Å². The Morgan fingerprint density at radius 2 is 1.82 bits per heavy atom. The van der Waals surface area contributed by atoms with Gasteiger partial charge in [0.1, 0.15) is 0 Å². The molecule has 0 aliphatic rings. The average Bonchev–Trinajstić information content (AvgIpc) is 2.23. The monoisotopic (exact) mass is 260 g/mol. The van der Waals surface area contributed by atoms with E-state index in [0.29, 0.717) is 17.5 Å². The molecule has 0 saturated carbocycles. The molecule has 0 fully saturated rings. The number of aliphatic carboxylic acids is 1. The van der Waals surface area contributed by atoms with Crippen molar-refractivity contribution in [1.29, 1.82) is 0 Å². The second-order valence-electron chi connectivity index (χ2n) is 3.43. The van der Waals surface area contributed by atoms with Crippen molar-refractivity contribution in [2.75, 3.05) is 0 Å². The van der Waals surface area contributed by atoms with Crippen LogP contribution in [0.4, 0.5) is 0 Å². The number of phosphoric acid groups is 1. The Kier molecular flexibility index (Phi) is 4.84. The van der Waals surface area contributed by atoms with Crippen LogP contribution in [0.2, 0.25) is 0 Å². The van der Waals surface area contributed by atoms with Crippen LogP contribution in [0.3, 0.4) is 0 Å². The van der Waals surface area contributed by atoms with Gasteiger partial charge in [-0.1, -0.05) is 24.3 Å². The van der Waals surface area contributed by atoms with Crippen LogP contribution in [0.5, 0.6) is 0 Å². The van der Waals surface area contributed by atoms with Gasteiger partial charge in [-0.25, -0.2) is 4.57 Å². The Balaban J connectivity index is 2.70. The molecule has 0 unspecified atom stereocenters. The van der Waals surface area contributed by atoms with Crippen molar-refractivity contribution in [1.82, 2.24) is 0 Å². The third-order valence-corrected chi connectivity index (χ3v) is 2.58. The quantitative estimate of drug-likeness (QED) is 0.666. The third-order valence-electron chi connectivity index (χ3n) is 2.11. The minimum atomic E-state index is -4.51. The minimum absolute atomic E-state index is 0.0348. The molecule has 0 saturated heterocycles. The molecule has 0 aromatic heterocycles. The number of phosphoric ester groups is 1. The van der Waals surface area contributed by atoms with Crippen molar-refractivity contribution in [2.24, 2.45) is 0 Å². The van der Waals surface area contributed by atoms with E-state index in [0.717, 1.165) is 0 Å². The van der Waals surface area contributed by atoms with Gasteiger partial charge in [0.15, 0.2) is 0 Å². The highest BCUT2D eigenvalue weighted by Gasteiger charge is 2.15. The van der Waals surface area contributed by atoms with Gasteiger partial charge in [0, 0.05) is 6.42 Å². The van der Waals surface area contributed by atoms with E-state index in [1.807, 2.05) is 0 Å². The molecule has 94 valence electrons. The summed E-state index contributed by atoms with van der Waals surface area (Å²) in [5.74, 6) is -0.921. The third kappa shape index (κ3) is 5.60. The molecule has 0 spiro atoms. The van der Waals surface area contributed by atoms with E-state index < -0.39 is 13.8 Å². The molecule has 7 heteroatoms. The molecule has 0 aliphatic heterocycles. The van der Waals surface area contributed by atoms with E-state index >= 15 is 0 Å². The van der Waals surface area contributed by atoms with Crippen molar-refractivity contribution >= 4 is 13.8 Å². The van der Waals surface area contributed by atoms with Gasteiger partial charge in [-0.05, 0) is 17.5 Å². The van der Waals surface area contributed by atoms with Crippen LogP contribution in [0.25, 0.3) is 0 Å². The van der Waals surface area contributed by atoms with Gasteiger partial charge < -0.3 is 14.9 Å². The fourth-order valence-corrected chi connectivity index (χ4v) is 1.64. The maximum absolute atomic E-state index is 10.6. The second-order valence-corrected chi connectivity index (χ2v) is 4.67. The zero-order valence-electron chi connectivity index (χ0n) is 8.94. The Bertz CT molecular complexity index is 438. The van der Waals surface area contributed by atoms with Gasteiger partial charge in [-0.2, -0.15) is 0 Å². The summed E-state index contributed by atoms with van der Waals surface area (Å²) in [6, 6.07) is 6.79. The first-order valence-corrected chi connectivity index (χ1v) is 6.40. The lowest BCUT2D eigenvalue weighted by molar-refractivity contribution is -0.136. The van der Waals surface area contributed by atoms with Crippen LogP contribution in [0.1, 0.15) is 17.5 Å². The number of carboxylic acid groups (broad SMARTS) is 1. The topological polar surface area (TPSA) is 104 Å². The minimum Gasteiger partial charge on any atom is -0.481 e. The molecule has 0 aliphatic carbocycles. The van der Waals surface area contributed by atoms with Crippen LogP contribution in [-0.4, -0.2) is 20.9 Å². The molecule has 0 amide bonds. The Morgan fingerprint density at radius 1 is 1.24 bits per heavy atom. The van der Waals surface area contributed by atoms with Crippen molar-refractivity contribution in [3.63, 3.8) is 0 Å². The molecule has 3 N–H and O–H groups in total. The molecular formula is C10H13O6P. The smallest absolute Gasteiger partial charge is 0.469 e. The number of hydrogen-bond acceptors (Lipinski definition) is 3. The number of rotatable bonds is 6. The Hall–Kier alpha value is -1.20. The maximum atomic E-state index is 10.6. The molecule has 17 heavy (non-hydrogen) atoms. The summed E-state index contributed by atoms with van der Waals surface area (Å²) in [5.41, 5.74) is 1.29. The Morgan fingerprint density at radius 3 is 2.35 bits per heavy atom. The zero-order chi connectivity index (χ0) is 12.9. The highest BCUT2D eigenvalue weighted by atomic mass is 31.2. The van der Waals surface area contributed by atoms with Gasteiger partial charge in [0.05, 0.1) is 6.61 Å². The van der Waals surface area contributed by atoms with E-state index in [1.54, 1.807) is 24.3 Å². The van der Waals surface area contributed by atoms with Crippen LogP contribution in [0.15, 0.2) is 24.3 Å². The molecular weight excluding hydrogens is 247 g/mol. The fraction of sp³-hybridized carbons (Fsp3) is 0.300. The van der Waals surface area contributed by atoms with Crippen molar-refractivity contribution < 1.29 is 28.8 Å². The van der Waals surface area contributed by atoms with E-state index in [9.17, 15) is 9.36 Å². The molecule has 6 nitrogen and oxygen atoms in total. The number of carboxylic acids is 1. The lowest BCUT2D eigenvalue weighted by Gasteiger charge is -2.09. The summed E-state index contributed by atoms with van der Waals surface area (Å²) < 4.78 is 14.9. The maximum Gasteiger partial charge on any atom is 0.469 e. The van der Waals surface area contributed by atoms with Gasteiger partial charge in [0.2, 0.25) is 0 Å².